The van der Waals surface area contributed by atoms with Gasteiger partial charge < -0.3 is 10.4 Å². The fraction of sp³-hybridized carbons (Fsp3) is 0.909. The Kier molecular flexibility index (Phi) is 5.77. The van der Waals surface area contributed by atoms with Gasteiger partial charge in [-0.2, -0.15) is 0 Å². The third-order valence-electron chi connectivity index (χ3n) is 2.37. The van der Waals surface area contributed by atoms with Crippen molar-refractivity contribution < 1.29 is 9.90 Å². The number of hydrogen-bond acceptors (Lipinski definition) is 2. The van der Waals surface area contributed by atoms with Gasteiger partial charge in [0, 0.05) is 18.1 Å². The van der Waals surface area contributed by atoms with Gasteiger partial charge in [-0.3, -0.25) is 4.79 Å². The topological polar surface area (TPSA) is 49.3 Å². The number of amides is 1. The Bertz CT molecular complexity index is 178. The van der Waals surface area contributed by atoms with Crippen LogP contribution < -0.4 is 5.32 Å². The van der Waals surface area contributed by atoms with Gasteiger partial charge in [0.25, 0.3) is 0 Å². The van der Waals surface area contributed by atoms with Crippen LogP contribution in [0.1, 0.15) is 47.0 Å². The van der Waals surface area contributed by atoms with E-state index < -0.39 is 0 Å². The van der Waals surface area contributed by atoms with E-state index in [0.29, 0.717) is 6.42 Å². The zero-order valence-corrected chi connectivity index (χ0v) is 9.76. The minimum Gasteiger partial charge on any atom is -0.396 e. The van der Waals surface area contributed by atoms with Crippen LogP contribution in [0.25, 0.3) is 0 Å². The maximum absolute atomic E-state index is 11.6. The van der Waals surface area contributed by atoms with Crippen LogP contribution in [0.5, 0.6) is 0 Å². The molecule has 0 spiro atoms. The first-order chi connectivity index (χ1) is 6.43. The van der Waals surface area contributed by atoms with E-state index >= 15 is 0 Å². The quantitative estimate of drug-likeness (QED) is 0.687. The molecule has 1 unspecified atom stereocenters. The number of carbonyl (C=O) groups is 1. The van der Waals surface area contributed by atoms with Gasteiger partial charge >= 0.3 is 0 Å². The van der Waals surface area contributed by atoms with Crippen LogP contribution in [-0.4, -0.2) is 23.2 Å². The number of aliphatic hydroxyl groups is 1. The first-order valence-corrected chi connectivity index (χ1v) is 5.36. The van der Waals surface area contributed by atoms with Crippen LogP contribution in [0.15, 0.2) is 0 Å². The van der Waals surface area contributed by atoms with Crippen molar-refractivity contribution in [3.8, 4) is 0 Å². The van der Waals surface area contributed by atoms with E-state index in [1.54, 1.807) is 0 Å². The molecule has 0 radical (unpaired) electrons. The van der Waals surface area contributed by atoms with E-state index in [1.807, 2.05) is 20.8 Å². The monoisotopic (exact) mass is 201 g/mol. The lowest BCUT2D eigenvalue weighted by Gasteiger charge is -2.27. The highest BCUT2D eigenvalue weighted by Gasteiger charge is 2.22. The van der Waals surface area contributed by atoms with Gasteiger partial charge in [-0.05, 0) is 26.7 Å². The van der Waals surface area contributed by atoms with Gasteiger partial charge in [-0.1, -0.05) is 20.3 Å². The zero-order chi connectivity index (χ0) is 11.2. The Morgan fingerprint density at radius 2 is 2.07 bits per heavy atom. The first-order valence-electron chi connectivity index (χ1n) is 5.36. The highest BCUT2D eigenvalue weighted by atomic mass is 16.3. The number of carbonyl (C=O) groups excluding carboxylic acids is 1. The molecule has 0 saturated carbocycles. The Hall–Kier alpha value is -0.570. The summed E-state index contributed by atoms with van der Waals surface area (Å²) in [4.78, 5) is 11.6. The molecule has 0 aliphatic heterocycles. The van der Waals surface area contributed by atoms with Crippen molar-refractivity contribution in [2.75, 3.05) is 6.61 Å². The third kappa shape index (κ3) is 5.22. The van der Waals surface area contributed by atoms with Crippen LogP contribution in [0.2, 0.25) is 0 Å². The van der Waals surface area contributed by atoms with Crippen LogP contribution in [0, 0.1) is 5.92 Å². The smallest absolute Gasteiger partial charge is 0.223 e. The molecule has 1 amide bonds. The largest absolute Gasteiger partial charge is 0.396 e. The van der Waals surface area contributed by atoms with Gasteiger partial charge in [0.15, 0.2) is 0 Å². The number of aliphatic hydroxyl groups excluding tert-OH is 1. The normalized spacial score (nSPS) is 13.8. The predicted molar refractivity (Wildman–Crippen MR) is 58.0 cm³/mol. The summed E-state index contributed by atoms with van der Waals surface area (Å²) < 4.78 is 0. The van der Waals surface area contributed by atoms with Gasteiger partial charge in [0.2, 0.25) is 5.91 Å². The Morgan fingerprint density at radius 1 is 1.50 bits per heavy atom. The lowest BCUT2D eigenvalue weighted by Crippen LogP contribution is -2.46. The second-order valence-electron chi connectivity index (χ2n) is 4.54. The lowest BCUT2D eigenvalue weighted by molar-refractivity contribution is -0.126. The zero-order valence-electron chi connectivity index (χ0n) is 9.76. The van der Waals surface area contributed by atoms with Crippen molar-refractivity contribution >= 4 is 5.91 Å². The van der Waals surface area contributed by atoms with Gasteiger partial charge in [0.1, 0.15) is 0 Å². The van der Waals surface area contributed by atoms with Crippen molar-refractivity contribution in [1.29, 1.82) is 0 Å². The van der Waals surface area contributed by atoms with Crippen molar-refractivity contribution in [1.82, 2.24) is 5.32 Å². The molecular weight excluding hydrogens is 178 g/mol. The standard InChI is InChI=1S/C11H23NO2/c1-5-6-9(2)10(14)12-11(3,4)7-8-13/h9,13H,5-8H2,1-4H3,(H,12,14). The summed E-state index contributed by atoms with van der Waals surface area (Å²) >= 11 is 0. The van der Waals surface area contributed by atoms with Gasteiger partial charge in [0.05, 0.1) is 0 Å². The Balaban J connectivity index is 4.03. The maximum atomic E-state index is 11.6. The summed E-state index contributed by atoms with van der Waals surface area (Å²) in [5, 5.41) is 11.7. The van der Waals surface area contributed by atoms with Crippen molar-refractivity contribution in [2.45, 2.75) is 52.5 Å². The number of hydrogen-bond donors (Lipinski definition) is 2. The summed E-state index contributed by atoms with van der Waals surface area (Å²) in [7, 11) is 0. The minimum absolute atomic E-state index is 0.0676. The van der Waals surface area contributed by atoms with Crippen LogP contribution in [-0.2, 0) is 4.79 Å². The van der Waals surface area contributed by atoms with Gasteiger partial charge in [-0.25, -0.2) is 0 Å². The Morgan fingerprint density at radius 3 is 2.50 bits per heavy atom. The molecule has 3 heteroatoms. The fourth-order valence-electron chi connectivity index (χ4n) is 1.36. The molecule has 0 fully saturated rings. The molecule has 0 heterocycles. The molecule has 0 aromatic carbocycles. The van der Waals surface area contributed by atoms with E-state index in [1.165, 1.54) is 0 Å². The Labute approximate surface area is 86.9 Å². The van der Waals surface area contributed by atoms with Crippen molar-refractivity contribution in [2.24, 2.45) is 5.92 Å². The van der Waals surface area contributed by atoms with E-state index in [2.05, 4.69) is 12.2 Å². The SMILES string of the molecule is CCCC(C)C(=O)NC(C)(C)CCO. The summed E-state index contributed by atoms with van der Waals surface area (Å²) in [5.74, 6) is 0.156. The average Bonchev–Trinajstić information content (AvgIpc) is 2.03. The summed E-state index contributed by atoms with van der Waals surface area (Å²) in [6.45, 7) is 7.98. The molecule has 0 bridgehead atoms. The molecule has 2 N–H and O–H groups in total. The highest BCUT2D eigenvalue weighted by Crippen LogP contribution is 2.11. The second-order valence-corrected chi connectivity index (χ2v) is 4.54. The van der Waals surface area contributed by atoms with E-state index in [0.717, 1.165) is 12.8 Å². The molecule has 84 valence electrons. The van der Waals surface area contributed by atoms with Gasteiger partial charge in [-0.15, -0.1) is 0 Å². The predicted octanol–water partition coefficient (Wildman–Crippen LogP) is 1.70. The van der Waals surface area contributed by atoms with E-state index in [-0.39, 0.29) is 24.0 Å². The van der Waals surface area contributed by atoms with Crippen LogP contribution in [0.4, 0.5) is 0 Å². The number of rotatable bonds is 6. The molecule has 3 nitrogen and oxygen atoms in total. The molecule has 0 rings (SSSR count). The lowest BCUT2D eigenvalue weighted by atomic mass is 9.98. The fourth-order valence-corrected chi connectivity index (χ4v) is 1.36. The van der Waals surface area contributed by atoms with Crippen LogP contribution >= 0.6 is 0 Å². The van der Waals surface area contributed by atoms with Crippen LogP contribution in [0.3, 0.4) is 0 Å². The van der Waals surface area contributed by atoms with E-state index in [4.69, 9.17) is 5.11 Å². The van der Waals surface area contributed by atoms with E-state index in [9.17, 15) is 4.79 Å². The number of nitrogens with one attached hydrogen (secondary N) is 1. The molecule has 0 aliphatic rings. The maximum Gasteiger partial charge on any atom is 0.223 e. The first kappa shape index (κ1) is 13.4. The molecule has 0 aromatic rings. The minimum atomic E-state index is -0.298. The molecule has 0 aliphatic carbocycles. The second kappa shape index (κ2) is 6.02. The molecule has 0 saturated heterocycles. The molecular formula is C11H23NO2. The molecule has 0 aromatic heterocycles. The molecule has 14 heavy (non-hydrogen) atoms. The summed E-state index contributed by atoms with van der Waals surface area (Å²) in [6, 6.07) is 0. The average molecular weight is 201 g/mol. The third-order valence-corrected chi connectivity index (χ3v) is 2.37. The van der Waals surface area contributed by atoms with Crippen molar-refractivity contribution in [3.63, 3.8) is 0 Å². The summed E-state index contributed by atoms with van der Waals surface area (Å²) in [5.41, 5.74) is -0.298. The highest BCUT2D eigenvalue weighted by molar-refractivity contribution is 5.78. The van der Waals surface area contributed by atoms with Crippen molar-refractivity contribution in [3.05, 3.63) is 0 Å². The summed E-state index contributed by atoms with van der Waals surface area (Å²) in [6.07, 6.45) is 2.54. The molecule has 1 atom stereocenters.